The summed E-state index contributed by atoms with van der Waals surface area (Å²) in [7, 11) is 0. The van der Waals surface area contributed by atoms with Gasteiger partial charge in [-0.2, -0.15) is 0 Å². The van der Waals surface area contributed by atoms with E-state index in [1.807, 2.05) is 4.94 Å². The Morgan fingerprint density at radius 2 is 1.91 bits per heavy atom. The predicted molar refractivity (Wildman–Crippen MR) is 43.4 cm³/mol. The van der Waals surface area contributed by atoms with E-state index < -0.39 is 0 Å². The van der Waals surface area contributed by atoms with Gasteiger partial charge in [0, 0.05) is 0 Å². The molecule has 0 aliphatic rings. The molecule has 2 nitrogen and oxygen atoms in total. The molecular formula is C8H8O2Se. The number of hydrogen-bond donors (Lipinski definition) is 0. The summed E-state index contributed by atoms with van der Waals surface area (Å²) >= 11 is 0.0901. The van der Waals surface area contributed by atoms with Gasteiger partial charge >= 0.3 is 70.5 Å². The second kappa shape index (κ2) is 3.16. The Kier molecular flexibility index (Phi) is 2.42. The molecule has 0 amide bonds. The monoisotopic (exact) mass is 216 g/mol. The molecule has 0 radical (unpaired) electrons. The molecule has 0 bridgehead atoms. The van der Waals surface area contributed by atoms with E-state index in [-0.39, 0.29) is 26.1 Å². The van der Waals surface area contributed by atoms with Crippen LogP contribution in [-0.2, 0) is 0 Å². The molecule has 1 aromatic rings. The van der Waals surface area contributed by atoms with Crippen molar-refractivity contribution in [2.45, 2.75) is 13.8 Å². The van der Waals surface area contributed by atoms with Crippen LogP contribution in [0.1, 0.15) is 33.4 Å². The summed E-state index contributed by atoms with van der Waals surface area (Å²) in [6.07, 6.45) is 0. The fourth-order valence-corrected chi connectivity index (χ4v) is 2.49. The van der Waals surface area contributed by atoms with Crippen molar-refractivity contribution in [1.82, 2.24) is 0 Å². The van der Waals surface area contributed by atoms with Gasteiger partial charge in [0.05, 0.1) is 0 Å². The molecule has 11 heavy (non-hydrogen) atoms. The van der Waals surface area contributed by atoms with Gasteiger partial charge in [-0.3, -0.25) is 0 Å². The molecule has 1 heterocycles. The molecule has 0 atom stereocenters. The van der Waals surface area contributed by atoms with E-state index in [2.05, 4.69) is 0 Å². The second-order valence-corrected chi connectivity index (χ2v) is 4.22. The van der Waals surface area contributed by atoms with Crippen LogP contribution in [0.2, 0.25) is 0 Å². The molecule has 0 saturated heterocycles. The summed E-state index contributed by atoms with van der Waals surface area (Å²) in [6.45, 7) is 3.05. The van der Waals surface area contributed by atoms with E-state index in [1.54, 1.807) is 6.07 Å². The number of rotatable bonds is 2. The first-order valence-electron chi connectivity index (χ1n) is 3.21. The van der Waals surface area contributed by atoms with Gasteiger partial charge in [0.1, 0.15) is 0 Å². The minimum atomic E-state index is 0.0446. The number of ketones is 2. The summed E-state index contributed by atoms with van der Waals surface area (Å²) in [5.74, 6) is 0.126. The van der Waals surface area contributed by atoms with Crippen LogP contribution in [0, 0.1) is 0 Å². The van der Waals surface area contributed by atoms with Crippen molar-refractivity contribution in [3.8, 4) is 0 Å². The van der Waals surface area contributed by atoms with E-state index in [0.717, 1.165) is 4.44 Å². The number of carbonyl (C=O) groups is 2. The Morgan fingerprint density at radius 1 is 1.27 bits per heavy atom. The molecule has 0 aromatic carbocycles. The van der Waals surface area contributed by atoms with Crippen molar-refractivity contribution in [2.75, 3.05) is 0 Å². The van der Waals surface area contributed by atoms with Crippen LogP contribution in [0.3, 0.4) is 0 Å². The van der Waals surface area contributed by atoms with Gasteiger partial charge in [-0.25, -0.2) is 0 Å². The summed E-state index contributed by atoms with van der Waals surface area (Å²) in [5, 5.41) is 0. The van der Waals surface area contributed by atoms with E-state index in [4.69, 9.17) is 0 Å². The van der Waals surface area contributed by atoms with E-state index in [9.17, 15) is 9.59 Å². The Bertz CT molecular complexity index is 270. The molecule has 0 N–H and O–H groups in total. The molecule has 0 unspecified atom stereocenters. The summed E-state index contributed by atoms with van der Waals surface area (Å²) < 4.78 is 0.794. The summed E-state index contributed by atoms with van der Waals surface area (Å²) in [6, 6.07) is 1.70. The zero-order valence-electron chi connectivity index (χ0n) is 6.38. The molecule has 0 spiro atoms. The van der Waals surface area contributed by atoms with Crippen molar-refractivity contribution in [2.24, 2.45) is 0 Å². The number of carbonyl (C=O) groups excluding carboxylic acids is 2. The van der Waals surface area contributed by atoms with Gasteiger partial charge in [-0.1, -0.05) is 0 Å². The maximum absolute atomic E-state index is 10.8. The molecule has 0 aliphatic heterocycles. The van der Waals surface area contributed by atoms with Crippen LogP contribution >= 0.6 is 0 Å². The molecular weight excluding hydrogens is 207 g/mol. The Balaban J connectivity index is 2.99. The van der Waals surface area contributed by atoms with Crippen molar-refractivity contribution in [3.05, 3.63) is 21.0 Å². The SMILES string of the molecule is CC(=O)c1c[se]c(C(C)=O)c1. The second-order valence-electron chi connectivity index (χ2n) is 2.31. The topological polar surface area (TPSA) is 34.1 Å². The van der Waals surface area contributed by atoms with Crippen LogP contribution in [0.25, 0.3) is 0 Å². The Morgan fingerprint density at radius 3 is 2.18 bits per heavy atom. The van der Waals surface area contributed by atoms with Crippen LogP contribution in [0.15, 0.2) is 11.0 Å². The summed E-state index contributed by atoms with van der Waals surface area (Å²) in [4.78, 5) is 23.5. The van der Waals surface area contributed by atoms with Gasteiger partial charge in [0.15, 0.2) is 0 Å². The zero-order valence-corrected chi connectivity index (χ0v) is 8.09. The van der Waals surface area contributed by atoms with Gasteiger partial charge in [-0.15, -0.1) is 0 Å². The van der Waals surface area contributed by atoms with Gasteiger partial charge < -0.3 is 0 Å². The van der Waals surface area contributed by atoms with Crippen LogP contribution in [-0.4, -0.2) is 26.1 Å². The van der Waals surface area contributed by atoms with E-state index in [0.29, 0.717) is 5.56 Å². The standard InChI is InChI=1S/C8H8O2Se/c1-5(9)7-3-8(6(2)10)11-4-7/h3-4H,1-2H3. The molecule has 0 aliphatic carbocycles. The third-order valence-corrected chi connectivity index (χ3v) is 3.52. The fourth-order valence-electron chi connectivity index (χ4n) is 0.705. The number of Topliss-reactive ketones (excluding diaryl/α,β-unsaturated/α-hetero) is 2. The number of hydrogen-bond acceptors (Lipinski definition) is 2. The van der Waals surface area contributed by atoms with Crippen LogP contribution < -0.4 is 0 Å². The van der Waals surface area contributed by atoms with Crippen LogP contribution in [0.5, 0.6) is 0 Å². The average molecular weight is 215 g/mol. The fraction of sp³-hybridized carbons (Fsp3) is 0.250. The Hall–Kier alpha value is -0.661. The molecule has 1 aromatic heterocycles. The van der Waals surface area contributed by atoms with Crippen molar-refractivity contribution < 1.29 is 9.59 Å². The first-order chi connectivity index (χ1) is 5.11. The average Bonchev–Trinajstić information content (AvgIpc) is 2.33. The minimum absolute atomic E-state index is 0.0446. The first kappa shape index (κ1) is 8.44. The van der Waals surface area contributed by atoms with E-state index >= 15 is 0 Å². The molecule has 58 valence electrons. The zero-order chi connectivity index (χ0) is 8.43. The van der Waals surface area contributed by atoms with Gasteiger partial charge in [0.25, 0.3) is 0 Å². The maximum atomic E-state index is 10.8. The Labute approximate surface area is 71.0 Å². The molecule has 0 fully saturated rings. The quantitative estimate of drug-likeness (QED) is 0.547. The van der Waals surface area contributed by atoms with E-state index in [1.165, 1.54) is 13.8 Å². The molecule has 1 rings (SSSR count). The molecule has 0 saturated carbocycles. The van der Waals surface area contributed by atoms with Crippen LogP contribution in [0.4, 0.5) is 0 Å². The summed E-state index contributed by atoms with van der Waals surface area (Å²) in [5.41, 5.74) is 0.690. The third-order valence-electron chi connectivity index (χ3n) is 1.35. The molecule has 3 heteroatoms. The third kappa shape index (κ3) is 1.88. The van der Waals surface area contributed by atoms with Crippen molar-refractivity contribution >= 4 is 26.1 Å². The normalized spacial score (nSPS) is 9.64. The van der Waals surface area contributed by atoms with Gasteiger partial charge in [0.2, 0.25) is 0 Å². The van der Waals surface area contributed by atoms with Crippen molar-refractivity contribution in [3.63, 3.8) is 0 Å². The predicted octanol–water partition coefficient (Wildman–Crippen LogP) is 1.15. The van der Waals surface area contributed by atoms with Crippen molar-refractivity contribution in [1.29, 1.82) is 0 Å². The van der Waals surface area contributed by atoms with Gasteiger partial charge in [-0.05, 0) is 0 Å². The first-order valence-corrected chi connectivity index (χ1v) is 5.06.